The van der Waals surface area contributed by atoms with Gasteiger partial charge < -0.3 is 5.32 Å². The van der Waals surface area contributed by atoms with E-state index in [9.17, 15) is 4.79 Å². The van der Waals surface area contributed by atoms with Gasteiger partial charge in [0.05, 0.1) is 0 Å². The first-order valence-electron chi connectivity index (χ1n) is 9.18. The van der Waals surface area contributed by atoms with Crippen molar-refractivity contribution < 1.29 is 4.79 Å². The first-order valence-corrected chi connectivity index (χ1v) is 10.4. The summed E-state index contributed by atoms with van der Waals surface area (Å²) in [4.78, 5) is 12.7. The molecule has 0 saturated carbocycles. The lowest BCUT2D eigenvalue weighted by molar-refractivity contribution is -0.115. The molecule has 1 amide bonds. The van der Waals surface area contributed by atoms with Gasteiger partial charge in [0.15, 0.2) is 10.9 Å². The van der Waals surface area contributed by atoms with Gasteiger partial charge in [-0.25, -0.2) is 0 Å². The van der Waals surface area contributed by atoms with Crippen molar-refractivity contribution in [3.63, 3.8) is 0 Å². The summed E-state index contributed by atoms with van der Waals surface area (Å²) in [6, 6.07) is 17.6. The van der Waals surface area contributed by atoms with Crippen molar-refractivity contribution in [2.75, 3.05) is 0 Å². The Balaban J connectivity index is 1.29. The fraction of sp³-hybridized carbons (Fsp3) is 0.0952. The summed E-state index contributed by atoms with van der Waals surface area (Å²) >= 11 is 6.69. The molecule has 0 aliphatic carbocycles. The van der Waals surface area contributed by atoms with Crippen LogP contribution in [0.3, 0.4) is 0 Å². The molecule has 0 aliphatic heterocycles. The Bertz CT molecular complexity index is 1210. The number of fused-ring (bicyclic) bond motifs is 1. The van der Waals surface area contributed by atoms with Gasteiger partial charge >= 0.3 is 0 Å². The van der Waals surface area contributed by atoms with Crippen LogP contribution in [0.2, 0.25) is 0 Å². The quantitative estimate of drug-likeness (QED) is 0.370. The van der Waals surface area contributed by atoms with Crippen molar-refractivity contribution in [2.45, 2.75) is 13.5 Å². The Labute approximate surface area is 182 Å². The predicted molar refractivity (Wildman–Crippen MR) is 122 cm³/mol. The number of carbonyl (C=O) groups is 1. The zero-order valence-corrected chi connectivity index (χ0v) is 17.7. The average molecular weight is 435 g/mol. The van der Waals surface area contributed by atoms with E-state index in [4.69, 9.17) is 12.2 Å². The van der Waals surface area contributed by atoms with Crippen molar-refractivity contribution in [1.29, 1.82) is 0 Å². The van der Waals surface area contributed by atoms with Crippen LogP contribution < -0.4 is 10.6 Å². The van der Waals surface area contributed by atoms with Crippen LogP contribution in [0, 0.1) is 6.92 Å². The number of benzene rings is 2. The molecule has 0 bridgehead atoms. The number of thiocarbonyl (C=S) groups is 1. The number of nitrogens with one attached hydrogen (secondary N) is 2. The number of aromatic nitrogens is 4. The molecule has 0 fully saturated rings. The highest BCUT2D eigenvalue weighted by atomic mass is 32.1. The summed E-state index contributed by atoms with van der Waals surface area (Å²) in [6.07, 6.45) is 3.20. The fourth-order valence-corrected chi connectivity index (χ4v) is 3.78. The summed E-state index contributed by atoms with van der Waals surface area (Å²) in [7, 11) is 0. The second-order valence-corrected chi connectivity index (χ2v) is 7.83. The van der Waals surface area contributed by atoms with Gasteiger partial charge in [-0.3, -0.25) is 10.1 Å². The van der Waals surface area contributed by atoms with Crippen molar-refractivity contribution in [3.05, 3.63) is 77.6 Å². The van der Waals surface area contributed by atoms with Crippen LogP contribution in [0.5, 0.6) is 0 Å². The van der Waals surface area contributed by atoms with Crippen LogP contribution in [0.4, 0.5) is 0 Å². The minimum Gasteiger partial charge on any atom is -0.358 e. The molecule has 0 spiro atoms. The lowest BCUT2D eigenvalue weighted by Gasteiger charge is -2.08. The van der Waals surface area contributed by atoms with E-state index >= 15 is 0 Å². The van der Waals surface area contributed by atoms with Gasteiger partial charge in [-0.2, -0.15) is 9.61 Å². The monoisotopic (exact) mass is 434 g/mol. The molecule has 9 heteroatoms. The molecule has 4 rings (SSSR count). The topological polar surface area (TPSA) is 84.2 Å². The third-order valence-electron chi connectivity index (χ3n) is 4.26. The van der Waals surface area contributed by atoms with Crippen LogP contribution in [-0.2, 0) is 11.3 Å². The number of hydrogen-bond acceptors (Lipinski definition) is 6. The Hall–Kier alpha value is -3.43. The zero-order chi connectivity index (χ0) is 20.9. The molecule has 150 valence electrons. The minimum atomic E-state index is -0.273. The van der Waals surface area contributed by atoms with Gasteiger partial charge in [0.2, 0.25) is 10.9 Å². The van der Waals surface area contributed by atoms with Crippen molar-refractivity contribution in [2.24, 2.45) is 0 Å². The molecule has 7 nitrogen and oxygen atoms in total. The molecule has 2 N–H and O–H groups in total. The third kappa shape index (κ3) is 4.76. The second kappa shape index (κ2) is 8.93. The number of amides is 1. The van der Waals surface area contributed by atoms with Crippen LogP contribution in [0.15, 0.2) is 60.7 Å². The number of carbonyl (C=O) groups excluding carboxylic acids is 1. The first kappa shape index (κ1) is 19.9. The van der Waals surface area contributed by atoms with Crippen LogP contribution in [0.1, 0.15) is 17.0 Å². The van der Waals surface area contributed by atoms with Crippen molar-refractivity contribution in [1.82, 2.24) is 30.4 Å². The molecule has 30 heavy (non-hydrogen) atoms. The summed E-state index contributed by atoms with van der Waals surface area (Å²) in [5.74, 6) is 0.493. The molecule has 0 atom stereocenters. The van der Waals surface area contributed by atoms with Crippen LogP contribution in [0.25, 0.3) is 21.6 Å². The number of nitrogens with zero attached hydrogens (tertiary/aromatic N) is 4. The van der Waals surface area contributed by atoms with Crippen LogP contribution >= 0.6 is 23.6 Å². The van der Waals surface area contributed by atoms with Crippen molar-refractivity contribution >= 4 is 45.6 Å². The largest absolute Gasteiger partial charge is 0.358 e. The van der Waals surface area contributed by atoms with Gasteiger partial charge in [-0.15, -0.1) is 10.2 Å². The molecule has 2 aromatic heterocycles. The van der Waals surface area contributed by atoms with E-state index in [0.717, 1.165) is 32.5 Å². The molecule has 2 heterocycles. The Kier molecular flexibility index (Phi) is 5.92. The number of rotatable bonds is 5. The normalized spacial score (nSPS) is 11.1. The first-order chi connectivity index (χ1) is 14.6. The highest BCUT2D eigenvalue weighted by Crippen LogP contribution is 2.25. The molecule has 0 unspecified atom stereocenters. The maximum Gasteiger partial charge on any atom is 0.250 e. The third-order valence-corrected chi connectivity index (χ3v) is 5.46. The SMILES string of the molecule is Cc1nnc2sc(-c3ccc(CNC(=S)NC(=O)/C=C/c4ccccc4)cc3)nn12. The van der Waals surface area contributed by atoms with Gasteiger partial charge in [-0.05, 0) is 36.3 Å². The summed E-state index contributed by atoms with van der Waals surface area (Å²) in [5.41, 5.74) is 3.00. The lowest BCUT2D eigenvalue weighted by atomic mass is 10.1. The van der Waals surface area contributed by atoms with E-state index in [1.54, 1.807) is 10.6 Å². The Morgan fingerprint density at radius 2 is 1.90 bits per heavy atom. The standard InChI is InChI=1S/C21H18N6OS2/c1-14-24-25-21-27(14)26-19(30-21)17-10-7-16(8-11-17)13-22-20(29)23-18(28)12-9-15-5-3-2-4-6-15/h2-12H,13H2,1H3,(H2,22,23,28,29)/b12-9+. The van der Waals surface area contributed by atoms with E-state index in [0.29, 0.717) is 6.54 Å². The molecule has 0 aliphatic rings. The summed E-state index contributed by atoms with van der Waals surface area (Å²) in [5, 5.41) is 19.5. The zero-order valence-electron chi connectivity index (χ0n) is 16.1. The smallest absolute Gasteiger partial charge is 0.250 e. The molecular weight excluding hydrogens is 416 g/mol. The molecular formula is C21H18N6OS2. The van der Waals surface area contributed by atoms with Gasteiger partial charge in [0.1, 0.15) is 5.01 Å². The molecule has 0 saturated heterocycles. The highest BCUT2D eigenvalue weighted by molar-refractivity contribution is 7.80. The van der Waals surface area contributed by atoms with Gasteiger partial charge in [-0.1, -0.05) is 65.9 Å². The average Bonchev–Trinajstić information content (AvgIpc) is 3.34. The fourth-order valence-electron chi connectivity index (χ4n) is 2.71. The van der Waals surface area contributed by atoms with Crippen molar-refractivity contribution in [3.8, 4) is 10.6 Å². The molecule has 2 aromatic carbocycles. The molecule has 0 radical (unpaired) electrons. The van der Waals surface area contributed by atoms with E-state index in [2.05, 4.69) is 25.9 Å². The second-order valence-electron chi connectivity index (χ2n) is 6.46. The van der Waals surface area contributed by atoms with E-state index in [1.807, 2.05) is 61.5 Å². The van der Waals surface area contributed by atoms with Crippen LogP contribution in [-0.4, -0.2) is 30.8 Å². The molecule has 4 aromatic rings. The van der Waals surface area contributed by atoms with E-state index < -0.39 is 0 Å². The van der Waals surface area contributed by atoms with Gasteiger partial charge in [0.25, 0.3) is 0 Å². The van der Waals surface area contributed by atoms with Gasteiger partial charge in [0, 0.05) is 18.2 Å². The highest BCUT2D eigenvalue weighted by Gasteiger charge is 2.10. The number of hydrogen-bond donors (Lipinski definition) is 2. The lowest BCUT2D eigenvalue weighted by Crippen LogP contribution is -2.37. The van der Waals surface area contributed by atoms with E-state index in [1.165, 1.54) is 17.4 Å². The van der Waals surface area contributed by atoms with E-state index in [-0.39, 0.29) is 11.0 Å². The Morgan fingerprint density at radius 3 is 2.63 bits per heavy atom. The maximum absolute atomic E-state index is 12.0. The summed E-state index contributed by atoms with van der Waals surface area (Å²) < 4.78 is 1.74. The maximum atomic E-state index is 12.0. The predicted octanol–water partition coefficient (Wildman–Crippen LogP) is 3.37. The summed E-state index contributed by atoms with van der Waals surface area (Å²) in [6.45, 7) is 2.38. The minimum absolute atomic E-state index is 0.273. The Morgan fingerprint density at radius 1 is 1.13 bits per heavy atom. The number of aryl methyl sites for hydroxylation is 1.